The third kappa shape index (κ3) is 4.36. The van der Waals surface area contributed by atoms with Gasteiger partial charge < -0.3 is 5.11 Å². The molecule has 0 saturated carbocycles. The van der Waals surface area contributed by atoms with E-state index >= 15 is 0 Å². The van der Waals surface area contributed by atoms with Crippen LogP contribution in [0.4, 0.5) is 0 Å². The molecular weight excluding hydrogens is 364 g/mol. The highest BCUT2D eigenvalue weighted by atomic mass is 32.2. The summed E-state index contributed by atoms with van der Waals surface area (Å²) < 4.78 is 28.8. The van der Waals surface area contributed by atoms with Crippen LogP contribution in [0.5, 0.6) is 0 Å². The highest BCUT2D eigenvalue weighted by molar-refractivity contribution is 7.89. The van der Waals surface area contributed by atoms with Crippen molar-refractivity contribution in [1.29, 1.82) is 0 Å². The predicted octanol–water partition coefficient (Wildman–Crippen LogP) is 2.66. The van der Waals surface area contributed by atoms with Gasteiger partial charge in [-0.15, -0.1) is 0 Å². The van der Waals surface area contributed by atoms with Crippen molar-refractivity contribution < 1.29 is 18.3 Å². The molecule has 6 nitrogen and oxygen atoms in total. The molecule has 1 fully saturated rings. The van der Waals surface area contributed by atoms with Crippen molar-refractivity contribution >= 4 is 16.0 Å². The average molecular weight is 395 g/mol. The van der Waals surface area contributed by atoms with Crippen molar-refractivity contribution in [3.63, 3.8) is 0 Å². The molecule has 27 heavy (non-hydrogen) atoms. The summed E-state index contributed by atoms with van der Waals surface area (Å²) in [6, 6.07) is 2.92. The number of sulfonamides is 1. The van der Waals surface area contributed by atoms with Gasteiger partial charge in [-0.2, -0.15) is 0 Å². The summed E-state index contributed by atoms with van der Waals surface area (Å²) in [6.45, 7) is 8.60. The van der Waals surface area contributed by atoms with Crippen LogP contribution in [-0.2, 0) is 22.9 Å². The van der Waals surface area contributed by atoms with Gasteiger partial charge in [0.15, 0.2) is 0 Å². The predicted molar refractivity (Wildman–Crippen MR) is 105 cm³/mol. The van der Waals surface area contributed by atoms with Crippen LogP contribution < -0.4 is 4.72 Å². The fourth-order valence-electron chi connectivity index (χ4n) is 4.23. The Hall–Kier alpha value is -1.44. The molecule has 2 aliphatic rings. The minimum atomic E-state index is -3.77. The van der Waals surface area contributed by atoms with Gasteiger partial charge in [-0.1, -0.05) is 6.92 Å². The van der Waals surface area contributed by atoms with E-state index < -0.39 is 16.0 Å². The van der Waals surface area contributed by atoms with Crippen LogP contribution in [-0.4, -0.2) is 49.6 Å². The van der Waals surface area contributed by atoms with Crippen LogP contribution in [0.2, 0.25) is 0 Å². The number of nitrogens with one attached hydrogen (secondary N) is 1. The number of benzene rings is 1. The smallest absolute Gasteiger partial charge is 0.335 e. The third-order valence-electron chi connectivity index (χ3n) is 5.92. The van der Waals surface area contributed by atoms with E-state index in [-0.39, 0.29) is 16.0 Å². The summed E-state index contributed by atoms with van der Waals surface area (Å²) in [5.74, 6) is -0.478. The van der Waals surface area contributed by atoms with E-state index in [4.69, 9.17) is 0 Å². The Morgan fingerprint density at radius 1 is 1.30 bits per heavy atom. The van der Waals surface area contributed by atoms with E-state index in [2.05, 4.69) is 30.4 Å². The van der Waals surface area contributed by atoms with Gasteiger partial charge in [-0.25, -0.2) is 17.9 Å². The molecule has 1 unspecified atom stereocenters. The standard InChI is InChI=1S/C20H30N2O4S/c1-14-6-5-9-22(12-14)20(2,3)13-21-27(25,26)18-11-16(19(23)24)10-15-7-4-8-17(15)18/h10-11,14,21H,4-9,12-13H2,1-3H3,(H,23,24). The van der Waals surface area contributed by atoms with E-state index in [1.165, 1.54) is 12.5 Å². The van der Waals surface area contributed by atoms with Gasteiger partial charge in [0.2, 0.25) is 10.0 Å². The van der Waals surface area contributed by atoms with Gasteiger partial charge in [-0.3, -0.25) is 4.90 Å². The number of carboxylic acids is 1. The van der Waals surface area contributed by atoms with Crippen LogP contribution >= 0.6 is 0 Å². The highest BCUT2D eigenvalue weighted by Crippen LogP contribution is 2.30. The van der Waals surface area contributed by atoms with Crippen molar-refractivity contribution in [2.45, 2.75) is 63.3 Å². The third-order valence-corrected chi connectivity index (χ3v) is 7.39. The Bertz CT molecular complexity index is 833. The topological polar surface area (TPSA) is 86.7 Å². The van der Waals surface area contributed by atoms with E-state index in [1.54, 1.807) is 6.07 Å². The fourth-order valence-corrected chi connectivity index (χ4v) is 5.77. The number of carbonyl (C=O) groups is 1. The van der Waals surface area contributed by atoms with Crippen LogP contribution in [0.3, 0.4) is 0 Å². The van der Waals surface area contributed by atoms with E-state index in [0.717, 1.165) is 43.5 Å². The molecule has 1 aromatic carbocycles. The Morgan fingerprint density at radius 3 is 2.70 bits per heavy atom. The molecule has 0 aromatic heterocycles. The lowest BCUT2D eigenvalue weighted by molar-refractivity contribution is 0.0696. The van der Waals surface area contributed by atoms with Crippen LogP contribution in [0.1, 0.15) is 61.5 Å². The lowest BCUT2D eigenvalue weighted by Gasteiger charge is -2.43. The largest absolute Gasteiger partial charge is 0.478 e. The number of piperidine rings is 1. The number of aromatic carboxylic acids is 1. The summed E-state index contributed by atoms with van der Waals surface area (Å²) in [4.78, 5) is 13.9. The zero-order chi connectivity index (χ0) is 19.8. The molecule has 0 spiro atoms. The Balaban J connectivity index is 1.82. The number of hydrogen-bond acceptors (Lipinski definition) is 4. The maximum Gasteiger partial charge on any atom is 0.335 e. The zero-order valence-corrected chi connectivity index (χ0v) is 17.2. The Kier molecular flexibility index (Phi) is 5.66. The van der Waals surface area contributed by atoms with Gasteiger partial charge in [-0.05, 0) is 81.7 Å². The Labute approximate surface area is 162 Å². The number of hydrogen-bond donors (Lipinski definition) is 2. The Morgan fingerprint density at radius 2 is 2.04 bits per heavy atom. The number of aryl methyl sites for hydroxylation is 1. The average Bonchev–Trinajstić information content (AvgIpc) is 3.07. The molecule has 1 aliphatic heterocycles. The summed E-state index contributed by atoms with van der Waals surface area (Å²) in [7, 11) is -3.77. The number of carboxylic acid groups (broad SMARTS) is 1. The first-order valence-electron chi connectivity index (χ1n) is 9.74. The molecule has 1 atom stereocenters. The van der Waals surface area contributed by atoms with Crippen molar-refractivity contribution in [3.8, 4) is 0 Å². The van der Waals surface area contributed by atoms with Crippen LogP contribution in [0.15, 0.2) is 17.0 Å². The van der Waals surface area contributed by atoms with Crippen molar-refractivity contribution in [3.05, 3.63) is 28.8 Å². The van der Waals surface area contributed by atoms with E-state index in [0.29, 0.717) is 18.9 Å². The number of nitrogens with zero attached hydrogens (tertiary/aromatic N) is 1. The fraction of sp³-hybridized carbons (Fsp3) is 0.650. The summed E-state index contributed by atoms with van der Waals surface area (Å²) in [5.41, 5.74) is 1.37. The molecular formula is C20H30N2O4S. The first kappa shape index (κ1) is 20.3. The lowest BCUT2D eigenvalue weighted by Crippen LogP contribution is -2.54. The molecule has 0 radical (unpaired) electrons. The highest BCUT2D eigenvalue weighted by Gasteiger charge is 2.33. The minimum Gasteiger partial charge on any atom is -0.478 e. The maximum atomic E-state index is 13.0. The minimum absolute atomic E-state index is 0.0418. The van der Waals surface area contributed by atoms with Gasteiger partial charge in [0.05, 0.1) is 10.5 Å². The number of rotatable bonds is 6. The van der Waals surface area contributed by atoms with Gasteiger partial charge >= 0.3 is 5.97 Å². The molecule has 3 rings (SSSR count). The first-order chi connectivity index (χ1) is 12.6. The maximum absolute atomic E-state index is 13.0. The molecule has 1 heterocycles. The summed E-state index contributed by atoms with van der Waals surface area (Å²) in [6.07, 6.45) is 4.62. The summed E-state index contributed by atoms with van der Waals surface area (Å²) in [5, 5.41) is 9.34. The van der Waals surface area contributed by atoms with Crippen LogP contribution in [0, 0.1) is 5.92 Å². The normalized spacial score (nSPS) is 21.2. The van der Waals surface area contributed by atoms with E-state index in [1.807, 2.05) is 0 Å². The van der Waals surface area contributed by atoms with Crippen molar-refractivity contribution in [2.75, 3.05) is 19.6 Å². The lowest BCUT2D eigenvalue weighted by atomic mass is 9.94. The molecule has 2 N–H and O–H groups in total. The molecule has 0 amide bonds. The van der Waals surface area contributed by atoms with Crippen molar-refractivity contribution in [2.24, 2.45) is 5.92 Å². The second-order valence-electron chi connectivity index (χ2n) is 8.60. The van der Waals surface area contributed by atoms with E-state index in [9.17, 15) is 18.3 Å². The second kappa shape index (κ2) is 7.53. The molecule has 1 aliphatic carbocycles. The monoisotopic (exact) mass is 394 g/mol. The molecule has 7 heteroatoms. The summed E-state index contributed by atoms with van der Waals surface area (Å²) >= 11 is 0. The van der Waals surface area contributed by atoms with Crippen LogP contribution in [0.25, 0.3) is 0 Å². The second-order valence-corrected chi connectivity index (χ2v) is 10.3. The molecule has 150 valence electrons. The van der Waals surface area contributed by atoms with Crippen molar-refractivity contribution in [1.82, 2.24) is 9.62 Å². The number of likely N-dealkylation sites (tertiary alicyclic amines) is 1. The molecule has 1 aromatic rings. The van der Waals surface area contributed by atoms with Gasteiger partial charge in [0.1, 0.15) is 0 Å². The zero-order valence-electron chi connectivity index (χ0n) is 16.4. The van der Waals surface area contributed by atoms with Gasteiger partial charge in [0.25, 0.3) is 0 Å². The quantitative estimate of drug-likeness (QED) is 0.775. The SMILES string of the molecule is CC1CCCN(C(C)(C)CNS(=O)(=O)c2cc(C(=O)O)cc3c2CCC3)C1. The van der Waals surface area contributed by atoms with Gasteiger partial charge in [0, 0.05) is 18.6 Å². The molecule has 0 bridgehead atoms. The number of fused-ring (bicyclic) bond motifs is 1. The first-order valence-corrected chi connectivity index (χ1v) is 11.2. The molecule has 1 saturated heterocycles.